The molecule has 0 aromatic heterocycles. The molecule has 1 aliphatic heterocycles. The summed E-state index contributed by atoms with van der Waals surface area (Å²) in [6, 6.07) is 5.34. The van der Waals surface area contributed by atoms with Gasteiger partial charge in [-0.1, -0.05) is 17.7 Å². The summed E-state index contributed by atoms with van der Waals surface area (Å²) in [7, 11) is 0.992. The van der Waals surface area contributed by atoms with Crippen LogP contribution in [0.2, 0.25) is 5.02 Å². The minimum atomic E-state index is -0.588. The Labute approximate surface area is 137 Å². The fourth-order valence-corrected chi connectivity index (χ4v) is 2.35. The number of methoxy groups -OCH3 is 1. The third-order valence-electron chi connectivity index (χ3n) is 4.27. The van der Waals surface area contributed by atoms with Crippen LogP contribution >= 0.6 is 11.6 Å². The van der Waals surface area contributed by atoms with Crippen LogP contribution in [0.5, 0.6) is 5.75 Å². The van der Waals surface area contributed by atoms with Crippen LogP contribution in [0.15, 0.2) is 23.7 Å². The van der Waals surface area contributed by atoms with Crippen LogP contribution in [-0.4, -0.2) is 37.1 Å². The highest BCUT2D eigenvalue weighted by atomic mass is 35.5. The van der Waals surface area contributed by atoms with Crippen LogP contribution in [-0.2, 0) is 9.31 Å². The number of benzene rings is 1. The number of hydrogen-bond donors (Lipinski definition) is 1. The van der Waals surface area contributed by atoms with Crippen molar-refractivity contribution in [3.05, 3.63) is 34.3 Å². The molecule has 2 rings (SSSR count). The van der Waals surface area contributed by atoms with E-state index in [1.54, 1.807) is 19.2 Å². The Bertz CT molecular complexity index is 568. The van der Waals surface area contributed by atoms with Gasteiger partial charge in [0, 0.05) is 10.6 Å². The topological polar surface area (TPSA) is 47.9 Å². The van der Waals surface area contributed by atoms with Gasteiger partial charge in [0.05, 0.1) is 24.9 Å². The zero-order valence-corrected chi connectivity index (χ0v) is 14.4. The van der Waals surface area contributed by atoms with Gasteiger partial charge < -0.3 is 19.2 Å². The standard InChI is InChI=1S/C16H22BClO4/c1-15(2)16(3,4)22-17(21-15)12(10-19)8-11-6-7-13(18)9-14(11)20-5/h6-9,19H,10H2,1-5H3. The normalized spacial score (nSPS) is 20.3. The molecule has 0 saturated carbocycles. The summed E-state index contributed by atoms with van der Waals surface area (Å²) in [5.41, 5.74) is 0.552. The van der Waals surface area contributed by atoms with E-state index in [2.05, 4.69) is 0 Å². The molecule has 4 nitrogen and oxygen atoms in total. The van der Waals surface area contributed by atoms with E-state index < -0.39 is 18.3 Å². The van der Waals surface area contributed by atoms with Gasteiger partial charge in [-0.15, -0.1) is 0 Å². The Morgan fingerprint density at radius 3 is 2.36 bits per heavy atom. The summed E-state index contributed by atoms with van der Waals surface area (Å²) in [6.07, 6.45) is 1.82. The van der Waals surface area contributed by atoms with Gasteiger partial charge in [0.1, 0.15) is 5.75 Å². The van der Waals surface area contributed by atoms with Gasteiger partial charge in [0.15, 0.2) is 0 Å². The van der Waals surface area contributed by atoms with Gasteiger partial charge in [0.2, 0.25) is 0 Å². The van der Waals surface area contributed by atoms with E-state index in [9.17, 15) is 5.11 Å². The SMILES string of the molecule is COc1cc(Cl)ccc1C=C(CO)B1OC(C)(C)C(C)(C)O1. The molecule has 1 N–H and O–H groups in total. The van der Waals surface area contributed by atoms with Crippen LogP contribution in [0.25, 0.3) is 6.08 Å². The molecule has 0 bridgehead atoms. The van der Waals surface area contributed by atoms with E-state index in [1.165, 1.54) is 0 Å². The monoisotopic (exact) mass is 324 g/mol. The lowest BCUT2D eigenvalue weighted by atomic mass is 9.77. The first-order valence-electron chi connectivity index (χ1n) is 7.20. The summed E-state index contributed by atoms with van der Waals surface area (Å²) >= 11 is 5.97. The van der Waals surface area contributed by atoms with Crippen LogP contribution in [0.1, 0.15) is 33.3 Å². The molecule has 6 heteroatoms. The van der Waals surface area contributed by atoms with Crippen LogP contribution < -0.4 is 4.74 Å². The Balaban J connectivity index is 2.34. The quantitative estimate of drug-likeness (QED) is 0.863. The van der Waals surface area contributed by atoms with Crippen LogP contribution in [0.4, 0.5) is 0 Å². The molecule has 22 heavy (non-hydrogen) atoms. The number of hydrogen-bond acceptors (Lipinski definition) is 4. The fraction of sp³-hybridized carbons (Fsp3) is 0.500. The predicted molar refractivity (Wildman–Crippen MR) is 89.1 cm³/mol. The summed E-state index contributed by atoms with van der Waals surface area (Å²) < 4.78 is 17.3. The largest absolute Gasteiger partial charge is 0.496 e. The second-order valence-electron chi connectivity index (χ2n) is 6.35. The average Bonchev–Trinajstić information content (AvgIpc) is 2.65. The lowest BCUT2D eigenvalue weighted by Crippen LogP contribution is -2.41. The van der Waals surface area contributed by atoms with Gasteiger partial charge in [-0.05, 0) is 51.4 Å². The van der Waals surface area contributed by atoms with Crippen molar-refractivity contribution in [1.29, 1.82) is 0 Å². The molecule has 0 aliphatic carbocycles. The van der Waals surface area contributed by atoms with Gasteiger partial charge in [-0.3, -0.25) is 0 Å². The van der Waals surface area contributed by atoms with Gasteiger partial charge in [-0.25, -0.2) is 0 Å². The van der Waals surface area contributed by atoms with E-state index in [4.69, 9.17) is 25.6 Å². The number of aliphatic hydroxyl groups excluding tert-OH is 1. The van der Waals surface area contributed by atoms with E-state index in [0.717, 1.165) is 5.56 Å². The molecule has 1 aliphatic rings. The minimum Gasteiger partial charge on any atom is -0.496 e. The summed E-state index contributed by atoms with van der Waals surface area (Å²) in [6.45, 7) is 7.74. The van der Waals surface area contributed by atoms with Crippen molar-refractivity contribution in [3.8, 4) is 5.75 Å². The fourth-order valence-electron chi connectivity index (χ4n) is 2.19. The molecule has 0 unspecified atom stereocenters. The van der Waals surface area contributed by atoms with E-state index in [0.29, 0.717) is 16.2 Å². The molecule has 1 fully saturated rings. The summed E-state index contributed by atoms with van der Waals surface area (Å²) in [5, 5.41) is 10.3. The predicted octanol–water partition coefficient (Wildman–Crippen LogP) is 3.36. The lowest BCUT2D eigenvalue weighted by Gasteiger charge is -2.32. The van der Waals surface area contributed by atoms with E-state index in [1.807, 2.05) is 39.8 Å². The smallest absolute Gasteiger partial charge is 0.492 e. The van der Waals surface area contributed by atoms with Gasteiger partial charge >= 0.3 is 7.12 Å². The summed E-state index contributed by atoms with van der Waals surface area (Å²) in [4.78, 5) is 0. The zero-order valence-electron chi connectivity index (χ0n) is 13.6. The van der Waals surface area contributed by atoms with Crippen LogP contribution in [0.3, 0.4) is 0 Å². The Morgan fingerprint density at radius 2 is 1.86 bits per heavy atom. The first-order chi connectivity index (χ1) is 10.2. The van der Waals surface area contributed by atoms with Crippen molar-refractivity contribution in [3.63, 3.8) is 0 Å². The first kappa shape index (κ1) is 17.4. The molecule has 1 heterocycles. The summed E-state index contributed by atoms with van der Waals surface area (Å²) in [5.74, 6) is 0.634. The van der Waals surface area contributed by atoms with Crippen molar-refractivity contribution in [2.75, 3.05) is 13.7 Å². The number of rotatable bonds is 4. The third-order valence-corrected chi connectivity index (χ3v) is 4.51. The second-order valence-corrected chi connectivity index (χ2v) is 6.79. The molecular formula is C16H22BClO4. The highest BCUT2D eigenvalue weighted by Crippen LogP contribution is 2.39. The maximum Gasteiger partial charge on any atom is 0.492 e. The van der Waals surface area contributed by atoms with Crippen molar-refractivity contribution in [2.45, 2.75) is 38.9 Å². The molecule has 0 spiro atoms. The highest BCUT2D eigenvalue weighted by molar-refractivity contribution is 6.55. The molecule has 0 atom stereocenters. The van der Waals surface area contributed by atoms with Crippen molar-refractivity contribution >= 4 is 24.8 Å². The first-order valence-corrected chi connectivity index (χ1v) is 7.58. The van der Waals surface area contributed by atoms with Crippen molar-refractivity contribution in [1.82, 2.24) is 0 Å². The molecule has 1 aromatic rings. The lowest BCUT2D eigenvalue weighted by molar-refractivity contribution is 0.00578. The average molecular weight is 325 g/mol. The van der Waals surface area contributed by atoms with Crippen molar-refractivity contribution < 1.29 is 19.2 Å². The number of aliphatic hydroxyl groups is 1. The van der Waals surface area contributed by atoms with E-state index in [-0.39, 0.29) is 6.61 Å². The Morgan fingerprint density at radius 1 is 1.27 bits per heavy atom. The maximum atomic E-state index is 9.71. The third kappa shape index (κ3) is 3.33. The second kappa shape index (κ2) is 6.24. The molecular weight excluding hydrogens is 302 g/mol. The van der Waals surface area contributed by atoms with Gasteiger partial charge in [0.25, 0.3) is 0 Å². The number of ether oxygens (including phenoxy) is 1. The molecule has 1 aromatic carbocycles. The van der Waals surface area contributed by atoms with Gasteiger partial charge in [-0.2, -0.15) is 0 Å². The number of halogens is 1. The molecule has 120 valence electrons. The Kier molecular flexibility index (Phi) is 4.92. The van der Waals surface area contributed by atoms with Crippen LogP contribution in [0, 0.1) is 0 Å². The molecule has 1 saturated heterocycles. The highest BCUT2D eigenvalue weighted by Gasteiger charge is 2.52. The zero-order chi connectivity index (χ0) is 16.5. The minimum absolute atomic E-state index is 0.164. The Hall–Kier alpha value is -1.01. The molecule has 0 radical (unpaired) electrons. The van der Waals surface area contributed by atoms with Crippen molar-refractivity contribution in [2.24, 2.45) is 0 Å². The maximum absolute atomic E-state index is 9.71. The molecule has 0 amide bonds. The van der Waals surface area contributed by atoms with E-state index >= 15 is 0 Å².